The van der Waals surface area contributed by atoms with Crippen molar-refractivity contribution in [3.63, 3.8) is 0 Å². The van der Waals surface area contributed by atoms with Crippen LogP contribution in [0.2, 0.25) is 0 Å². The molecule has 0 unspecified atom stereocenters. The van der Waals surface area contributed by atoms with Crippen molar-refractivity contribution in [2.75, 3.05) is 0 Å². The number of carbonyl (C=O) groups excluding carboxylic acids is 1. The molecule has 3 atom stereocenters. The minimum Gasteiger partial charge on any atom is -0.482 e. The monoisotopic (exact) mass is 353 g/mol. The van der Waals surface area contributed by atoms with E-state index in [-0.39, 0.29) is 17.6 Å². The fourth-order valence-corrected chi connectivity index (χ4v) is 3.10. The van der Waals surface area contributed by atoms with Crippen molar-refractivity contribution >= 4 is 16.9 Å². The van der Waals surface area contributed by atoms with Gasteiger partial charge in [-0.2, -0.15) is 0 Å². The van der Waals surface area contributed by atoms with E-state index < -0.39 is 12.2 Å². The zero-order valence-electron chi connectivity index (χ0n) is 14.4. The number of nitrogens with one attached hydrogen (secondary N) is 3. The lowest BCUT2D eigenvalue weighted by molar-refractivity contribution is -0.134. The van der Waals surface area contributed by atoms with Crippen LogP contribution in [0, 0.1) is 0 Å². The van der Waals surface area contributed by atoms with Gasteiger partial charge < -0.3 is 24.8 Å². The fourth-order valence-electron chi connectivity index (χ4n) is 3.10. The summed E-state index contributed by atoms with van der Waals surface area (Å²) >= 11 is 0. The number of fused-ring (bicyclic) bond motifs is 2. The first-order valence-electron chi connectivity index (χ1n) is 8.46. The number of aromatic amines is 2. The molecule has 1 aromatic heterocycles. The van der Waals surface area contributed by atoms with Crippen LogP contribution < -0.4 is 20.5 Å². The zero-order chi connectivity index (χ0) is 18.3. The number of amides is 1. The van der Waals surface area contributed by atoms with Crippen molar-refractivity contribution in [3.8, 4) is 11.5 Å². The van der Waals surface area contributed by atoms with Gasteiger partial charge in [-0.15, -0.1) is 0 Å². The second-order valence-corrected chi connectivity index (χ2v) is 6.42. The third-order valence-corrected chi connectivity index (χ3v) is 4.50. The summed E-state index contributed by atoms with van der Waals surface area (Å²) in [5, 5.41) is 2.95. The lowest BCUT2D eigenvalue weighted by Gasteiger charge is -2.31. The van der Waals surface area contributed by atoms with Crippen LogP contribution in [0.25, 0.3) is 11.0 Å². The summed E-state index contributed by atoms with van der Waals surface area (Å²) in [6, 6.07) is 12.6. The van der Waals surface area contributed by atoms with E-state index in [0.29, 0.717) is 17.0 Å². The SMILES string of the molecule is C[C@H](NC(=O)[C@@H]1Oc2ccccc2O[C@@H]1C)c1ccc2[nH]c(=O)[nH]c2c1. The summed E-state index contributed by atoms with van der Waals surface area (Å²) in [5.74, 6) is 0.950. The van der Waals surface area contributed by atoms with E-state index in [1.54, 1.807) is 13.0 Å². The summed E-state index contributed by atoms with van der Waals surface area (Å²) in [6.45, 7) is 3.69. The third-order valence-electron chi connectivity index (χ3n) is 4.50. The molecule has 1 aliphatic rings. The number of carbonyl (C=O) groups is 1. The normalized spacial score (nSPS) is 19.9. The number of benzene rings is 2. The standard InChI is InChI=1S/C19H19N3O4/c1-10(12-7-8-13-14(9-12)22-19(24)21-13)20-18(23)17-11(2)25-15-5-3-4-6-16(15)26-17/h3-11,17H,1-2H3,(H,20,23)(H2,21,22,24)/t10-,11+,17+/m0/s1. The second-order valence-electron chi connectivity index (χ2n) is 6.42. The Bertz CT molecular complexity index is 1020. The molecule has 0 radical (unpaired) electrons. The van der Waals surface area contributed by atoms with Crippen molar-refractivity contribution in [2.24, 2.45) is 0 Å². The third kappa shape index (κ3) is 2.92. The predicted octanol–water partition coefficient (Wildman–Crippen LogP) is 2.26. The van der Waals surface area contributed by atoms with Gasteiger partial charge in [-0.1, -0.05) is 18.2 Å². The molecule has 4 rings (SSSR count). The highest BCUT2D eigenvalue weighted by molar-refractivity contribution is 5.83. The number of rotatable bonds is 3. The molecule has 0 saturated carbocycles. The number of ether oxygens (including phenoxy) is 2. The molecule has 3 N–H and O–H groups in total. The van der Waals surface area contributed by atoms with Crippen molar-refractivity contribution in [3.05, 3.63) is 58.5 Å². The Kier molecular flexibility index (Phi) is 3.91. The maximum Gasteiger partial charge on any atom is 0.323 e. The number of imidazole rings is 1. The molecule has 0 saturated heterocycles. The average Bonchev–Trinajstić information content (AvgIpc) is 3.00. The average molecular weight is 353 g/mol. The lowest BCUT2D eigenvalue weighted by Crippen LogP contribution is -2.49. The molecule has 7 heteroatoms. The Labute approximate surface area is 149 Å². The van der Waals surface area contributed by atoms with Gasteiger partial charge in [0.15, 0.2) is 11.5 Å². The van der Waals surface area contributed by atoms with Crippen LogP contribution in [-0.4, -0.2) is 28.1 Å². The number of hydrogen-bond donors (Lipinski definition) is 3. The topological polar surface area (TPSA) is 96.2 Å². The minimum absolute atomic E-state index is 0.248. The summed E-state index contributed by atoms with van der Waals surface area (Å²) in [7, 11) is 0. The van der Waals surface area contributed by atoms with E-state index in [9.17, 15) is 9.59 Å². The van der Waals surface area contributed by atoms with E-state index in [1.807, 2.05) is 43.3 Å². The number of hydrogen-bond acceptors (Lipinski definition) is 4. The number of aromatic nitrogens is 2. The molecule has 26 heavy (non-hydrogen) atoms. The van der Waals surface area contributed by atoms with Crippen LogP contribution in [0.15, 0.2) is 47.3 Å². The highest BCUT2D eigenvalue weighted by atomic mass is 16.6. The zero-order valence-corrected chi connectivity index (χ0v) is 14.4. The second kappa shape index (κ2) is 6.25. The summed E-state index contributed by atoms with van der Waals surface area (Å²) in [4.78, 5) is 29.5. The van der Waals surface area contributed by atoms with Gasteiger partial charge in [-0.3, -0.25) is 4.79 Å². The minimum atomic E-state index is -0.733. The Morgan fingerprint density at radius 2 is 1.77 bits per heavy atom. The first-order valence-corrected chi connectivity index (χ1v) is 8.46. The summed E-state index contributed by atoms with van der Waals surface area (Å²) < 4.78 is 11.6. The van der Waals surface area contributed by atoms with Crippen LogP contribution in [0.1, 0.15) is 25.5 Å². The van der Waals surface area contributed by atoms with Gasteiger partial charge in [0.25, 0.3) is 5.91 Å². The summed E-state index contributed by atoms with van der Waals surface area (Å²) in [5.41, 5.74) is 2.06. The molecule has 0 spiro atoms. The smallest absolute Gasteiger partial charge is 0.323 e. The molecule has 134 valence electrons. The molecule has 2 aromatic carbocycles. The highest BCUT2D eigenvalue weighted by Crippen LogP contribution is 2.33. The molecular formula is C19H19N3O4. The molecule has 1 aliphatic heterocycles. The Balaban J connectivity index is 1.50. The van der Waals surface area contributed by atoms with Gasteiger partial charge in [0, 0.05) is 0 Å². The van der Waals surface area contributed by atoms with Gasteiger partial charge in [0.05, 0.1) is 17.1 Å². The van der Waals surface area contributed by atoms with Crippen molar-refractivity contribution in [2.45, 2.75) is 32.1 Å². The van der Waals surface area contributed by atoms with E-state index in [0.717, 1.165) is 11.1 Å². The first kappa shape index (κ1) is 16.3. The van der Waals surface area contributed by atoms with Gasteiger partial charge in [-0.25, -0.2) is 4.79 Å². The van der Waals surface area contributed by atoms with E-state index in [1.165, 1.54) is 0 Å². The van der Waals surface area contributed by atoms with Crippen LogP contribution >= 0.6 is 0 Å². The quantitative estimate of drug-likeness (QED) is 0.673. The molecule has 7 nitrogen and oxygen atoms in total. The number of H-pyrrole nitrogens is 2. The molecule has 1 amide bonds. The maximum atomic E-state index is 12.7. The van der Waals surface area contributed by atoms with Gasteiger partial charge in [-0.05, 0) is 43.7 Å². The maximum absolute atomic E-state index is 12.7. The van der Waals surface area contributed by atoms with Gasteiger partial charge >= 0.3 is 5.69 Å². The van der Waals surface area contributed by atoms with Crippen molar-refractivity contribution in [1.82, 2.24) is 15.3 Å². The molecule has 0 bridgehead atoms. The summed E-state index contributed by atoms with van der Waals surface area (Å²) in [6.07, 6.45) is -1.14. The van der Waals surface area contributed by atoms with Crippen LogP contribution in [0.4, 0.5) is 0 Å². The van der Waals surface area contributed by atoms with Gasteiger partial charge in [0.1, 0.15) is 6.10 Å². The van der Waals surface area contributed by atoms with Crippen LogP contribution in [-0.2, 0) is 4.79 Å². The first-order chi connectivity index (χ1) is 12.5. The number of para-hydroxylation sites is 2. The molecule has 0 aliphatic carbocycles. The predicted molar refractivity (Wildman–Crippen MR) is 96.4 cm³/mol. The molecule has 0 fully saturated rings. The largest absolute Gasteiger partial charge is 0.482 e. The Morgan fingerprint density at radius 1 is 1.08 bits per heavy atom. The van der Waals surface area contributed by atoms with E-state index >= 15 is 0 Å². The van der Waals surface area contributed by atoms with Crippen molar-refractivity contribution < 1.29 is 14.3 Å². The molecule has 3 aromatic rings. The lowest BCUT2D eigenvalue weighted by atomic mass is 10.1. The van der Waals surface area contributed by atoms with Gasteiger partial charge in [0.2, 0.25) is 6.10 Å². The Hall–Kier alpha value is -3.22. The molecule has 2 heterocycles. The van der Waals surface area contributed by atoms with E-state index in [2.05, 4.69) is 15.3 Å². The van der Waals surface area contributed by atoms with E-state index in [4.69, 9.17) is 9.47 Å². The highest BCUT2D eigenvalue weighted by Gasteiger charge is 2.34. The molecular weight excluding hydrogens is 334 g/mol. The Morgan fingerprint density at radius 3 is 2.54 bits per heavy atom. The van der Waals surface area contributed by atoms with Crippen LogP contribution in [0.5, 0.6) is 11.5 Å². The fraction of sp³-hybridized carbons (Fsp3) is 0.263. The van der Waals surface area contributed by atoms with Crippen molar-refractivity contribution in [1.29, 1.82) is 0 Å². The van der Waals surface area contributed by atoms with Crippen LogP contribution in [0.3, 0.4) is 0 Å².